The van der Waals surface area contributed by atoms with E-state index >= 15 is 0 Å². The summed E-state index contributed by atoms with van der Waals surface area (Å²) >= 11 is 0. The molecule has 0 spiro atoms. The zero-order valence-corrected chi connectivity index (χ0v) is 15.9. The van der Waals surface area contributed by atoms with Gasteiger partial charge in [0.25, 0.3) is 10.2 Å². The molecule has 1 aliphatic heterocycles. The van der Waals surface area contributed by atoms with Crippen LogP contribution in [-0.2, 0) is 10.2 Å². The Labute approximate surface area is 153 Å². The first kappa shape index (κ1) is 18.5. The molecule has 2 aromatic heterocycles. The summed E-state index contributed by atoms with van der Waals surface area (Å²) in [5.74, 6) is 2.06. The van der Waals surface area contributed by atoms with Gasteiger partial charge in [0, 0.05) is 46.0 Å². The number of piperazine rings is 1. The van der Waals surface area contributed by atoms with Crippen molar-refractivity contribution in [3.05, 3.63) is 36.0 Å². The molecule has 0 unspecified atom stereocenters. The van der Waals surface area contributed by atoms with Gasteiger partial charge in [0.2, 0.25) is 0 Å². The fourth-order valence-corrected chi connectivity index (χ4v) is 3.77. The smallest absolute Gasteiger partial charge is 0.281 e. The molecule has 26 heavy (non-hydrogen) atoms. The molecule has 3 heterocycles. The van der Waals surface area contributed by atoms with Crippen LogP contribution in [0, 0.1) is 6.92 Å². The van der Waals surface area contributed by atoms with Gasteiger partial charge in [-0.1, -0.05) is 6.07 Å². The molecule has 2 aromatic rings. The van der Waals surface area contributed by atoms with Crippen LogP contribution in [0.25, 0.3) is 0 Å². The summed E-state index contributed by atoms with van der Waals surface area (Å²) in [5.41, 5.74) is 0.921. The molecule has 0 bridgehead atoms. The fraction of sp³-hybridized carbons (Fsp3) is 0.438. The Hall–Kier alpha value is -2.30. The van der Waals surface area contributed by atoms with Crippen LogP contribution in [-0.4, -0.2) is 72.5 Å². The predicted octanol–water partition coefficient (Wildman–Crippen LogP) is 0.852. The van der Waals surface area contributed by atoms with Gasteiger partial charge in [-0.15, -0.1) is 10.2 Å². The summed E-state index contributed by atoms with van der Waals surface area (Å²) in [4.78, 5) is 6.40. The first-order chi connectivity index (χ1) is 12.4. The van der Waals surface area contributed by atoms with Gasteiger partial charge in [-0.2, -0.15) is 17.0 Å². The molecular formula is C16H23N7O2S. The number of hydrogen-bond donors (Lipinski definition) is 1. The van der Waals surface area contributed by atoms with Crippen LogP contribution in [0.15, 0.2) is 30.3 Å². The molecule has 0 radical (unpaired) electrons. The molecule has 0 amide bonds. The number of pyridine rings is 1. The van der Waals surface area contributed by atoms with Gasteiger partial charge in [-0.05, 0) is 31.2 Å². The largest absolute Gasteiger partial charge is 0.352 e. The van der Waals surface area contributed by atoms with E-state index in [0.717, 1.165) is 17.3 Å². The van der Waals surface area contributed by atoms with Crippen molar-refractivity contribution >= 4 is 27.7 Å². The van der Waals surface area contributed by atoms with Gasteiger partial charge < -0.3 is 10.2 Å². The summed E-state index contributed by atoms with van der Waals surface area (Å²) in [5, 5.41) is 11.6. The number of aryl methyl sites for hydroxylation is 1. The quantitative estimate of drug-likeness (QED) is 0.825. The average Bonchev–Trinajstić information content (AvgIpc) is 2.62. The normalized spacial score (nSPS) is 16.1. The topological polar surface area (TPSA) is 94.6 Å². The first-order valence-corrected chi connectivity index (χ1v) is 9.73. The van der Waals surface area contributed by atoms with E-state index in [9.17, 15) is 8.42 Å². The number of rotatable bonds is 5. The van der Waals surface area contributed by atoms with Gasteiger partial charge >= 0.3 is 0 Å². The maximum atomic E-state index is 12.2. The maximum absolute atomic E-state index is 12.2. The van der Waals surface area contributed by atoms with Crippen LogP contribution in [0.2, 0.25) is 0 Å². The van der Waals surface area contributed by atoms with E-state index in [0.29, 0.717) is 32.0 Å². The first-order valence-electron chi connectivity index (χ1n) is 8.33. The van der Waals surface area contributed by atoms with Gasteiger partial charge in [-0.25, -0.2) is 4.98 Å². The molecule has 10 heteroatoms. The minimum atomic E-state index is -3.36. The molecule has 1 saturated heterocycles. The Morgan fingerprint density at radius 2 is 1.73 bits per heavy atom. The maximum Gasteiger partial charge on any atom is 0.281 e. The summed E-state index contributed by atoms with van der Waals surface area (Å²) in [6, 6.07) is 9.44. The van der Waals surface area contributed by atoms with Gasteiger partial charge in [0.15, 0.2) is 11.6 Å². The van der Waals surface area contributed by atoms with Crippen molar-refractivity contribution in [3.63, 3.8) is 0 Å². The fourth-order valence-electron chi connectivity index (χ4n) is 2.68. The zero-order chi connectivity index (χ0) is 18.7. The molecule has 1 N–H and O–H groups in total. The zero-order valence-electron chi connectivity index (χ0n) is 15.1. The third-order valence-electron chi connectivity index (χ3n) is 4.15. The van der Waals surface area contributed by atoms with Crippen molar-refractivity contribution in [2.75, 3.05) is 50.5 Å². The van der Waals surface area contributed by atoms with Crippen LogP contribution < -0.4 is 10.2 Å². The van der Waals surface area contributed by atoms with Crippen LogP contribution in [0.5, 0.6) is 0 Å². The van der Waals surface area contributed by atoms with Crippen molar-refractivity contribution in [1.82, 2.24) is 23.8 Å². The number of aromatic nitrogens is 3. The molecule has 1 aliphatic rings. The number of hydrogen-bond acceptors (Lipinski definition) is 7. The molecule has 9 nitrogen and oxygen atoms in total. The lowest BCUT2D eigenvalue weighted by molar-refractivity contribution is 0.354. The minimum absolute atomic E-state index is 0.426. The molecule has 0 aromatic carbocycles. The minimum Gasteiger partial charge on any atom is -0.352 e. The highest BCUT2D eigenvalue weighted by Crippen LogP contribution is 2.18. The second kappa shape index (κ2) is 7.52. The van der Waals surface area contributed by atoms with Crippen molar-refractivity contribution in [2.24, 2.45) is 0 Å². The van der Waals surface area contributed by atoms with E-state index < -0.39 is 10.2 Å². The van der Waals surface area contributed by atoms with Crippen LogP contribution >= 0.6 is 0 Å². The van der Waals surface area contributed by atoms with Crippen LogP contribution in [0.1, 0.15) is 5.69 Å². The second-order valence-corrected chi connectivity index (χ2v) is 8.38. The highest BCUT2D eigenvalue weighted by molar-refractivity contribution is 7.86. The third kappa shape index (κ3) is 4.09. The molecule has 0 aliphatic carbocycles. The Morgan fingerprint density at radius 1 is 1.00 bits per heavy atom. The Balaban J connectivity index is 1.61. The Morgan fingerprint density at radius 3 is 2.31 bits per heavy atom. The summed E-state index contributed by atoms with van der Waals surface area (Å²) in [6.45, 7) is 3.93. The van der Waals surface area contributed by atoms with Gasteiger partial charge in [0.1, 0.15) is 5.82 Å². The van der Waals surface area contributed by atoms with E-state index in [1.165, 1.54) is 8.61 Å². The van der Waals surface area contributed by atoms with Crippen LogP contribution in [0.3, 0.4) is 0 Å². The van der Waals surface area contributed by atoms with E-state index in [4.69, 9.17) is 0 Å². The molecule has 0 saturated carbocycles. The Bertz CT molecular complexity index is 847. The van der Waals surface area contributed by atoms with Crippen molar-refractivity contribution in [2.45, 2.75) is 6.92 Å². The monoisotopic (exact) mass is 377 g/mol. The number of anilines is 3. The van der Waals surface area contributed by atoms with Crippen LogP contribution in [0.4, 0.5) is 17.5 Å². The number of nitrogens with zero attached hydrogens (tertiary/aromatic N) is 6. The molecule has 140 valence electrons. The molecule has 0 atom stereocenters. The van der Waals surface area contributed by atoms with Gasteiger partial charge in [-0.3, -0.25) is 0 Å². The van der Waals surface area contributed by atoms with Crippen molar-refractivity contribution in [1.29, 1.82) is 0 Å². The SMILES string of the molecule is Cc1cccc(Nc2ccc(N3CCN(S(=O)(=O)N(C)C)CC3)nn2)n1. The van der Waals surface area contributed by atoms with Gasteiger partial charge in [0.05, 0.1) is 0 Å². The molecular weight excluding hydrogens is 354 g/mol. The lowest BCUT2D eigenvalue weighted by atomic mass is 10.3. The molecule has 3 rings (SSSR count). The molecule has 1 fully saturated rings. The highest BCUT2D eigenvalue weighted by Gasteiger charge is 2.29. The van der Waals surface area contributed by atoms with E-state index in [-0.39, 0.29) is 0 Å². The highest BCUT2D eigenvalue weighted by atomic mass is 32.2. The number of nitrogens with one attached hydrogen (secondary N) is 1. The lowest BCUT2D eigenvalue weighted by Gasteiger charge is -2.35. The summed E-state index contributed by atoms with van der Waals surface area (Å²) < 4.78 is 27.0. The summed E-state index contributed by atoms with van der Waals surface area (Å²) in [7, 11) is -0.276. The van der Waals surface area contributed by atoms with E-state index in [1.807, 2.05) is 42.2 Å². The van der Waals surface area contributed by atoms with E-state index in [1.54, 1.807) is 14.1 Å². The lowest BCUT2D eigenvalue weighted by Crippen LogP contribution is -2.51. The summed E-state index contributed by atoms with van der Waals surface area (Å²) in [6.07, 6.45) is 0. The predicted molar refractivity (Wildman–Crippen MR) is 101 cm³/mol. The van der Waals surface area contributed by atoms with E-state index in [2.05, 4.69) is 20.5 Å². The average molecular weight is 377 g/mol. The van der Waals surface area contributed by atoms with Crippen molar-refractivity contribution < 1.29 is 8.42 Å². The second-order valence-electron chi connectivity index (χ2n) is 6.24. The standard InChI is InChI=1S/C16H23N7O2S/c1-13-5-4-6-14(17-13)18-15-7-8-16(20-19-15)22-9-11-23(12-10-22)26(24,25)21(2)3/h4-8H,9-12H2,1-3H3,(H,17,18,19). The van der Waals surface area contributed by atoms with Crippen molar-refractivity contribution in [3.8, 4) is 0 Å². The third-order valence-corrected chi connectivity index (χ3v) is 6.09. The Kier molecular flexibility index (Phi) is 5.35.